The smallest absolute Gasteiger partial charge is 0.242 e. The van der Waals surface area contributed by atoms with Gasteiger partial charge in [0, 0.05) is 26.1 Å². The van der Waals surface area contributed by atoms with Crippen LogP contribution in [0.2, 0.25) is 0 Å². The number of nitrogens with one attached hydrogen (secondary N) is 2. The molecule has 1 fully saturated rings. The van der Waals surface area contributed by atoms with Gasteiger partial charge in [-0.1, -0.05) is 13.8 Å². The Kier molecular flexibility index (Phi) is 6.80. The number of sulfonamides is 1. The summed E-state index contributed by atoms with van der Waals surface area (Å²) in [6.45, 7) is 4.69. The molecule has 0 aromatic carbocycles. The molecule has 0 aliphatic carbocycles. The van der Waals surface area contributed by atoms with Gasteiger partial charge in [-0.05, 0) is 25.2 Å². The lowest BCUT2D eigenvalue weighted by Crippen LogP contribution is -2.50. The summed E-state index contributed by atoms with van der Waals surface area (Å²) in [6.07, 6.45) is 2.73. The highest BCUT2D eigenvalue weighted by Gasteiger charge is 2.31. The monoisotopic (exact) mass is 333 g/mol. The van der Waals surface area contributed by atoms with E-state index in [0.717, 1.165) is 0 Å². The van der Waals surface area contributed by atoms with Crippen molar-refractivity contribution in [2.45, 2.75) is 39.2 Å². The molecule has 0 radical (unpaired) electrons. The number of hydrogen-bond acceptors (Lipinski definition) is 4. The quantitative estimate of drug-likeness (QED) is 0.711. The molecule has 1 atom stereocenters. The third-order valence-electron chi connectivity index (χ3n) is 3.88. The van der Waals surface area contributed by atoms with Crippen molar-refractivity contribution >= 4 is 21.8 Å². The highest BCUT2D eigenvalue weighted by atomic mass is 32.2. The van der Waals surface area contributed by atoms with Gasteiger partial charge >= 0.3 is 0 Å². The van der Waals surface area contributed by atoms with E-state index in [2.05, 4.69) is 10.6 Å². The molecular formula is C14H27N3O4S. The van der Waals surface area contributed by atoms with Gasteiger partial charge in [0.2, 0.25) is 21.8 Å². The number of piperidine rings is 1. The molecule has 0 aromatic rings. The van der Waals surface area contributed by atoms with Crippen molar-refractivity contribution in [2.24, 2.45) is 11.8 Å². The van der Waals surface area contributed by atoms with Crippen LogP contribution in [-0.4, -0.2) is 57.0 Å². The standard InChI is InChI=1S/C14H27N3O4S/c1-10(2)9-12(14(19)15-3)16-13(18)11-5-7-17(8-6-11)22(4,20)21/h10-12H,5-9H2,1-4H3,(H,15,19)(H,16,18)/t12-/m1/s1. The Bertz CT molecular complexity index is 496. The number of nitrogens with zero attached hydrogens (tertiary/aromatic N) is 1. The van der Waals surface area contributed by atoms with Crippen LogP contribution in [0.5, 0.6) is 0 Å². The minimum absolute atomic E-state index is 0.164. The van der Waals surface area contributed by atoms with Gasteiger partial charge in [0.15, 0.2) is 0 Å². The molecule has 0 spiro atoms. The zero-order chi connectivity index (χ0) is 16.9. The third kappa shape index (κ3) is 5.57. The zero-order valence-electron chi connectivity index (χ0n) is 13.8. The fraction of sp³-hybridized carbons (Fsp3) is 0.857. The molecule has 0 aromatic heterocycles. The van der Waals surface area contributed by atoms with Gasteiger partial charge in [-0.2, -0.15) is 0 Å². The Balaban J connectivity index is 2.59. The van der Waals surface area contributed by atoms with Crippen LogP contribution in [0.25, 0.3) is 0 Å². The summed E-state index contributed by atoms with van der Waals surface area (Å²) in [6, 6.07) is -0.537. The molecule has 2 N–H and O–H groups in total. The van der Waals surface area contributed by atoms with Crippen molar-refractivity contribution < 1.29 is 18.0 Å². The summed E-state index contributed by atoms with van der Waals surface area (Å²) in [5.74, 6) is -0.315. The number of rotatable bonds is 6. The predicted molar refractivity (Wildman–Crippen MR) is 84.6 cm³/mol. The van der Waals surface area contributed by atoms with Gasteiger partial charge < -0.3 is 10.6 Å². The Morgan fingerprint density at radius 3 is 2.18 bits per heavy atom. The van der Waals surface area contributed by atoms with Crippen molar-refractivity contribution in [3.63, 3.8) is 0 Å². The molecule has 1 aliphatic heterocycles. The third-order valence-corrected chi connectivity index (χ3v) is 5.18. The topological polar surface area (TPSA) is 95.6 Å². The molecule has 1 aliphatic rings. The number of hydrogen-bond donors (Lipinski definition) is 2. The Morgan fingerprint density at radius 1 is 1.23 bits per heavy atom. The first-order valence-corrected chi connectivity index (χ1v) is 9.47. The molecule has 1 heterocycles. The summed E-state index contributed by atoms with van der Waals surface area (Å²) < 4.78 is 24.3. The minimum Gasteiger partial charge on any atom is -0.357 e. The summed E-state index contributed by atoms with van der Waals surface area (Å²) in [7, 11) is -1.65. The van der Waals surface area contributed by atoms with E-state index in [4.69, 9.17) is 0 Å². The lowest BCUT2D eigenvalue weighted by Gasteiger charge is -2.30. The fourth-order valence-electron chi connectivity index (χ4n) is 2.62. The molecule has 128 valence electrons. The van der Waals surface area contributed by atoms with Gasteiger partial charge in [0.1, 0.15) is 6.04 Å². The number of likely N-dealkylation sites (N-methyl/N-ethyl adjacent to an activating group) is 1. The Hall–Kier alpha value is -1.15. The predicted octanol–water partition coefficient (Wildman–Crippen LogP) is -0.0651. The van der Waals surface area contributed by atoms with Crippen LogP contribution in [0.1, 0.15) is 33.1 Å². The van der Waals surface area contributed by atoms with Crippen LogP contribution in [0.4, 0.5) is 0 Å². The van der Waals surface area contributed by atoms with E-state index >= 15 is 0 Å². The molecule has 0 unspecified atom stereocenters. The first-order valence-electron chi connectivity index (χ1n) is 7.62. The van der Waals surface area contributed by atoms with Crippen LogP contribution < -0.4 is 10.6 Å². The summed E-state index contributed by atoms with van der Waals surface area (Å²) in [5, 5.41) is 5.37. The van der Waals surface area contributed by atoms with Gasteiger partial charge in [0.05, 0.1) is 6.26 Å². The van der Waals surface area contributed by atoms with Crippen molar-refractivity contribution in [3.8, 4) is 0 Å². The van der Waals surface area contributed by atoms with Gasteiger partial charge in [-0.3, -0.25) is 9.59 Å². The average molecular weight is 333 g/mol. The highest BCUT2D eigenvalue weighted by molar-refractivity contribution is 7.88. The minimum atomic E-state index is -3.19. The van der Waals surface area contributed by atoms with Crippen molar-refractivity contribution in [2.75, 3.05) is 26.4 Å². The summed E-state index contributed by atoms with van der Waals surface area (Å²) in [5.41, 5.74) is 0. The second-order valence-corrected chi connectivity index (χ2v) is 8.22. The molecule has 22 heavy (non-hydrogen) atoms. The van der Waals surface area contributed by atoms with Crippen LogP contribution in [0.15, 0.2) is 0 Å². The maximum atomic E-state index is 12.3. The van der Waals surface area contributed by atoms with Gasteiger partial charge in [0.25, 0.3) is 0 Å². The maximum Gasteiger partial charge on any atom is 0.242 e. The van der Waals surface area contributed by atoms with Crippen LogP contribution >= 0.6 is 0 Å². The van der Waals surface area contributed by atoms with Gasteiger partial charge in [-0.25, -0.2) is 12.7 Å². The largest absolute Gasteiger partial charge is 0.357 e. The van der Waals surface area contributed by atoms with Crippen LogP contribution in [0.3, 0.4) is 0 Å². The number of carbonyl (C=O) groups is 2. The van der Waals surface area contributed by atoms with E-state index in [0.29, 0.717) is 32.4 Å². The lowest BCUT2D eigenvalue weighted by atomic mass is 9.95. The SMILES string of the molecule is CNC(=O)[C@@H](CC(C)C)NC(=O)C1CCN(S(C)(=O)=O)CC1. The molecule has 1 rings (SSSR count). The zero-order valence-corrected chi connectivity index (χ0v) is 14.6. The second-order valence-electron chi connectivity index (χ2n) is 6.24. The van der Waals surface area contributed by atoms with E-state index in [-0.39, 0.29) is 23.7 Å². The molecule has 1 saturated heterocycles. The van der Waals surface area contributed by atoms with Crippen molar-refractivity contribution in [1.29, 1.82) is 0 Å². The van der Waals surface area contributed by atoms with E-state index in [1.807, 2.05) is 13.8 Å². The van der Waals surface area contributed by atoms with E-state index < -0.39 is 16.1 Å². The number of amides is 2. The first-order chi connectivity index (χ1) is 10.1. The maximum absolute atomic E-state index is 12.3. The van der Waals surface area contributed by atoms with E-state index in [1.165, 1.54) is 10.6 Å². The highest BCUT2D eigenvalue weighted by Crippen LogP contribution is 2.19. The normalized spacial score (nSPS) is 19.0. The average Bonchev–Trinajstić information content (AvgIpc) is 2.44. The summed E-state index contributed by atoms with van der Waals surface area (Å²) in [4.78, 5) is 24.1. The van der Waals surface area contributed by atoms with Crippen LogP contribution in [0, 0.1) is 11.8 Å². The molecule has 0 saturated carbocycles. The molecule has 7 nitrogen and oxygen atoms in total. The molecule has 0 bridgehead atoms. The fourth-order valence-corrected chi connectivity index (χ4v) is 3.49. The van der Waals surface area contributed by atoms with Crippen molar-refractivity contribution in [3.05, 3.63) is 0 Å². The molecular weight excluding hydrogens is 306 g/mol. The van der Waals surface area contributed by atoms with Gasteiger partial charge in [-0.15, -0.1) is 0 Å². The Labute approximate surface area is 132 Å². The second kappa shape index (κ2) is 7.92. The Morgan fingerprint density at radius 2 is 1.77 bits per heavy atom. The lowest BCUT2D eigenvalue weighted by molar-refractivity contribution is -0.132. The van der Waals surface area contributed by atoms with E-state index in [1.54, 1.807) is 7.05 Å². The molecule has 2 amide bonds. The van der Waals surface area contributed by atoms with Crippen molar-refractivity contribution in [1.82, 2.24) is 14.9 Å². The first kappa shape index (κ1) is 18.9. The van der Waals surface area contributed by atoms with Crippen LogP contribution in [-0.2, 0) is 19.6 Å². The number of carbonyl (C=O) groups excluding carboxylic acids is 2. The molecule has 8 heteroatoms. The van der Waals surface area contributed by atoms with E-state index in [9.17, 15) is 18.0 Å². The summed E-state index contributed by atoms with van der Waals surface area (Å²) >= 11 is 0.